The van der Waals surface area contributed by atoms with Crippen LogP contribution in [0.5, 0.6) is 12.0 Å². The van der Waals surface area contributed by atoms with Crippen molar-refractivity contribution >= 4 is 45.6 Å². The first-order valence-corrected chi connectivity index (χ1v) is 27.0. The number of fused-ring (bicyclic) bond motifs is 3. The van der Waals surface area contributed by atoms with Crippen molar-refractivity contribution in [3.05, 3.63) is 119 Å². The summed E-state index contributed by atoms with van der Waals surface area (Å²) in [6.07, 6.45) is -0.173. The second-order valence-corrected chi connectivity index (χ2v) is 20.9. The molecule has 1 N–H and O–H groups in total. The van der Waals surface area contributed by atoms with Gasteiger partial charge in [0, 0.05) is 100 Å². The molecule has 0 spiro atoms. The number of alkyl halides is 3. The van der Waals surface area contributed by atoms with Gasteiger partial charge in [-0.1, -0.05) is 49.6 Å². The number of likely N-dealkylation sites (N-methyl/N-ethyl adjacent to an activating group) is 1. The largest absolute Gasteiger partial charge is 0.463 e. The van der Waals surface area contributed by atoms with Crippen molar-refractivity contribution in [3.63, 3.8) is 0 Å². The molecule has 7 heterocycles. The van der Waals surface area contributed by atoms with Crippen LogP contribution in [0.4, 0.5) is 40.6 Å². The van der Waals surface area contributed by atoms with Gasteiger partial charge in [0.15, 0.2) is 0 Å². The quantitative estimate of drug-likeness (QED) is 0.0633. The molecule has 5 aliphatic rings. The Balaban J connectivity index is 0.892. The van der Waals surface area contributed by atoms with Crippen LogP contribution in [-0.2, 0) is 41.7 Å². The van der Waals surface area contributed by atoms with Crippen molar-refractivity contribution in [2.45, 2.75) is 81.8 Å². The zero-order chi connectivity index (χ0) is 56.2. The summed E-state index contributed by atoms with van der Waals surface area (Å²) in [6.45, 7) is 11.9. The van der Waals surface area contributed by atoms with Gasteiger partial charge in [0.1, 0.15) is 29.6 Å². The highest BCUT2D eigenvalue weighted by molar-refractivity contribution is 5.97. The highest BCUT2D eigenvalue weighted by atomic mass is 19.4. The van der Waals surface area contributed by atoms with E-state index in [9.17, 15) is 42.8 Å². The Labute approximate surface area is 461 Å². The van der Waals surface area contributed by atoms with E-state index in [1.807, 2.05) is 24.1 Å². The summed E-state index contributed by atoms with van der Waals surface area (Å²) < 4.78 is 70.4. The summed E-state index contributed by atoms with van der Waals surface area (Å²) >= 11 is 0. The number of hydrogen-bond donors (Lipinski definition) is 1. The minimum atomic E-state index is -4.94. The van der Waals surface area contributed by atoms with E-state index < -0.39 is 23.6 Å². The van der Waals surface area contributed by atoms with Gasteiger partial charge < -0.3 is 44.0 Å². The molecule has 80 heavy (non-hydrogen) atoms. The number of ether oxygens (including phenoxy) is 2. The molecule has 2 amide bonds. The van der Waals surface area contributed by atoms with Gasteiger partial charge in [-0.2, -0.15) is 43.6 Å². The van der Waals surface area contributed by atoms with E-state index in [0.29, 0.717) is 69.2 Å². The van der Waals surface area contributed by atoms with Crippen molar-refractivity contribution in [1.82, 2.24) is 34.6 Å². The second kappa shape index (κ2) is 23.7. The number of nitrogens with zero attached hydrogens (tertiary/aromatic N) is 13. The number of aliphatic hydroxyl groups excluding tert-OH is 1. The predicted octanol–water partition coefficient (Wildman–Crippen LogP) is 6.56. The lowest BCUT2D eigenvalue weighted by atomic mass is 9.90. The number of benzene rings is 3. The minimum Gasteiger partial charge on any atom is -0.463 e. The molecule has 5 aliphatic heterocycles. The van der Waals surface area contributed by atoms with Gasteiger partial charge in [-0.05, 0) is 73.5 Å². The third-order valence-corrected chi connectivity index (χ3v) is 16.1. The predicted molar refractivity (Wildman–Crippen MR) is 292 cm³/mol. The van der Waals surface area contributed by atoms with Gasteiger partial charge in [-0.15, -0.1) is 0 Å². The van der Waals surface area contributed by atoms with Crippen molar-refractivity contribution in [1.29, 1.82) is 10.5 Å². The molecule has 0 bridgehead atoms. The number of nitriles is 2. The topological polar surface area (TPSA) is 195 Å². The number of anilines is 4. The Hall–Kier alpha value is -8.08. The molecule has 22 heteroatoms. The molecule has 5 aromatic rings. The third kappa shape index (κ3) is 11.2. The maximum Gasteiger partial charge on any atom is 0.421 e. The Morgan fingerprint density at radius 1 is 0.713 bits per heavy atom. The Kier molecular flexibility index (Phi) is 16.4. The molecule has 18 nitrogen and oxygen atoms in total. The fourth-order valence-electron chi connectivity index (χ4n) is 12.2. The highest BCUT2D eigenvalue weighted by Gasteiger charge is 2.41. The molecule has 418 valence electrons. The van der Waals surface area contributed by atoms with Crippen LogP contribution in [0.25, 0.3) is 10.8 Å². The maximum atomic E-state index is 14.9. The van der Waals surface area contributed by atoms with Crippen LogP contribution in [0.3, 0.4) is 0 Å². The summed E-state index contributed by atoms with van der Waals surface area (Å²) in [5, 5.41) is 31.1. The summed E-state index contributed by atoms with van der Waals surface area (Å²) in [6, 6.07) is 19.9. The van der Waals surface area contributed by atoms with Gasteiger partial charge in [-0.3, -0.25) is 14.5 Å². The van der Waals surface area contributed by atoms with Crippen molar-refractivity contribution in [2.24, 2.45) is 0 Å². The van der Waals surface area contributed by atoms with E-state index in [1.165, 1.54) is 34.7 Å². The van der Waals surface area contributed by atoms with E-state index in [4.69, 9.17) is 29.4 Å². The number of aliphatic hydroxyl groups is 1. The zero-order valence-corrected chi connectivity index (χ0v) is 44.6. The number of halogens is 4. The zero-order valence-electron chi connectivity index (χ0n) is 44.6. The van der Waals surface area contributed by atoms with Crippen LogP contribution < -0.4 is 29.1 Å². The summed E-state index contributed by atoms with van der Waals surface area (Å²) in [4.78, 5) is 58.7. The number of hydrogen-bond acceptors (Lipinski definition) is 16. The molecule has 0 saturated carbocycles. The lowest BCUT2D eigenvalue weighted by Gasteiger charge is -2.42. The average Bonchev–Trinajstić information content (AvgIpc) is 3.95. The highest BCUT2D eigenvalue weighted by Crippen LogP contribution is 2.43. The summed E-state index contributed by atoms with van der Waals surface area (Å²) in [5.74, 6) is -0.499. The molecule has 3 fully saturated rings. The molecule has 4 atom stereocenters. The first-order valence-electron chi connectivity index (χ1n) is 27.0. The second-order valence-electron chi connectivity index (χ2n) is 20.9. The first-order chi connectivity index (χ1) is 38.7. The number of carbonyl (C=O) groups excluding carboxylic acids is 2. The normalized spacial score (nSPS) is 20.4. The molecular weight excluding hydrogens is 1030 g/mol. The van der Waals surface area contributed by atoms with Gasteiger partial charge in [0.05, 0.1) is 73.8 Å². The van der Waals surface area contributed by atoms with Gasteiger partial charge in [-0.25, -0.2) is 4.39 Å². The Morgan fingerprint density at radius 2 is 1.29 bits per heavy atom. The van der Waals surface area contributed by atoms with E-state index >= 15 is 0 Å². The van der Waals surface area contributed by atoms with Crippen LogP contribution in [0.1, 0.15) is 65.2 Å². The number of likely N-dealkylation sites (tertiary alicyclic amines) is 1. The van der Waals surface area contributed by atoms with Crippen LogP contribution >= 0.6 is 0 Å². The molecule has 0 aliphatic carbocycles. The third-order valence-electron chi connectivity index (χ3n) is 16.1. The van der Waals surface area contributed by atoms with Crippen LogP contribution in [0.2, 0.25) is 0 Å². The molecular formula is C58H63F4N13O5. The molecule has 2 aromatic heterocycles. The van der Waals surface area contributed by atoms with Crippen LogP contribution in [-0.4, -0.2) is 155 Å². The lowest BCUT2D eigenvalue weighted by Crippen LogP contribution is -2.55. The molecule has 10 rings (SSSR count). The number of aromatic nitrogens is 4. The fourth-order valence-corrected chi connectivity index (χ4v) is 12.2. The Bertz CT molecular complexity index is 3260. The standard InChI is InChI=1S/C58H63F4N13O5/c1-4-51(77)74-26-24-72(32-38(74)16-20-63)54-44-18-22-70(34-47(44)65-56(67-54)79-29-9-28-76)49-15-14-41(42-10-6-7-11-43(42)49)37-30-40(69(3)31-37)36-80-57-66-48-35-71(50-13-8-12-46(59)53(50)58(60,61)62)23-19-45(48)55(68-57)73-25-27-75(52(78)5-2)39(33-73)17-21-64/h4-8,10-15,37-40,76H,1-2,9,16-19,22-36H2,3H3/t37?,38?,39?,40-/m0/s1. The lowest BCUT2D eigenvalue weighted by molar-refractivity contribution is -0.139. The van der Waals surface area contributed by atoms with Gasteiger partial charge in [0.2, 0.25) is 11.8 Å². The van der Waals surface area contributed by atoms with Gasteiger partial charge >= 0.3 is 18.2 Å². The maximum absolute atomic E-state index is 14.9. The number of carbonyl (C=O) groups is 2. The Morgan fingerprint density at radius 3 is 1.85 bits per heavy atom. The first kappa shape index (κ1) is 55.2. The smallest absolute Gasteiger partial charge is 0.421 e. The number of rotatable bonds is 16. The van der Waals surface area contributed by atoms with Crippen LogP contribution in [0.15, 0.2) is 79.9 Å². The molecule has 0 radical (unpaired) electrons. The van der Waals surface area contributed by atoms with Crippen molar-refractivity contribution in [3.8, 4) is 24.2 Å². The monoisotopic (exact) mass is 1100 g/mol. The SMILES string of the molecule is C=CC(=O)N1CCN(c2nc(OC[C@@H]3CC(c4ccc(N5CCc6c(nc(OCCCO)nc6N6CCN(C(=O)C=C)C(CC#N)C6)C5)c5ccccc45)CN3C)nc3c2CCN(c2cccc(F)c2C(F)(F)F)C3)CC1CC#N. The summed E-state index contributed by atoms with van der Waals surface area (Å²) in [5.41, 5.74) is 3.57. The van der Waals surface area contributed by atoms with E-state index in [2.05, 4.69) is 64.3 Å². The summed E-state index contributed by atoms with van der Waals surface area (Å²) in [7, 11) is 2.05. The minimum absolute atomic E-state index is 0.0408. The van der Waals surface area contributed by atoms with E-state index in [0.717, 1.165) is 52.6 Å². The van der Waals surface area contributed by atoms with Crippen LogP contribution in [0, 0.1) is 28.5 Å². The fraction of sp³-hybridized carbons (Fsp3) is 0.448. The average molecular weight is 1100 g/mol. The van der Waals surface area contributed by atoms with E-state index in [1.54, 1.807) is 9.80 Å². The number of piperazine rings is 2. The van der Waals surface area contributed by atoms with Gasteiger partial charge in [0.25, 0.3) is 0 Å². The molecule has 3 unspecified atom stereocenters. The number of amides is 2. The van der Waals surface area contributed by atoms with E-state index in [-0.39, 0.29) is 113 Å². The van der Waals surface area contributed by atoms with Crippen molar-refractivity contribution in [2.75, 3.05) is 105 Å². The van der Waals surface area contributed by atoms with Crippen molar-refractivity contribution < 1.29 is 41.7 Å². The molecule has 3 aromatic carbocycles. The molecule has 3 saturated heterocycles.